The van der Waals surface area contributed by atoms with Crippen LogP contribution in [-0.2, 0) is 17.4 Å². The molecule has 27 heavy (non-hydrogen) atoms. The first-order valence-electron chi connectivity index (χ1n) is 10.5. The zero-order chi connectivity index (χ0) is 19.6. The molecule has 0 radical (unpaired) electrons. The van der Waals surface area contributed by atoms with Crippen molar-refractivity contribution >= 4 is 22.3 Å². The van der Waals surface area contributed by atoms with Gasteiger partial charge >= 0.3 is 0 Å². The number of nitrogens with zero attached hydrogens (tertiary/aromatic N) is 1. The van der Waals surface area contributed by atoms with E-state index in [4.69, 9.17) is 4.98 Å². The van der Waals surface area contributed by atoms with Gasteiger partial charge < -0.3 is 0 Å². The molecule has 0 saturated heterocycles. The fraction of sp³-hybridized carbons (Fsp3) is 0.591. The lowest BCUT2D eigenvalue weighted by molar-refractivity contribution is 0.442. The number of thiazole rings is 1. The summed E-state index contributed by atoms with van der Waals surface area (Å²) < 4.78 is 15.8. The van der Waals surface area contributed by atoms with E-state index < -0.39 is 11.0 Å². The van der Waals surface area contributed by atoms with Crippen LogP contribution in [-0.4, -0.2) is 15.7 Å². The van der Waals surface area contributed by atoms with Gasteiger partial charge in [-0.1, -0.05) is 65.5 Å². The molecule has 1 atom stereocenters. The third kappa shape index (κ3) is 5.97. The average Bonchev–Trinajstić information content (AvgIpc) is 3.21. The maximum atomic E-state index is 12.7. The van der Waals surface area contributed by atoms with Gasteiger partial charge in [0.1, 0.15) is 11.0 Å². The maximum absolute atomic E-state index is 12.7. The number of rotatable bonds is 7. The fourth-order valence-electron chi connectivity index (χ4n) is 3.53. The summed E-state index contributed by atoms with van der Waals surface area (Å²) >= 11 is 1.79. The van der Waals surface area contributed by atoms with E-state index in [1.165, 1.54) is 42.7 Å². The highest BCUT2D eigenvalue weighted by atomic mass is 32.2. The normalized spacial score (nSPS) is 15.9. The predicted octanol–water partition coefficient (Wildman–Crippen LogP) is 6.47. The van der Waals surface area contributed by atoms with Gasteiger partial charge in [0.2, 0.25) is 0 Å². The van der Waals surface area contributed by atoms with Crippen molar-refractivity contribution in [2.45, 2.75) is 83.5 Å². The summed E-state index contributed by atoms with van der Waals surface area (Å²) in [5.41, 5.74) is 2.32. The van der Waals surface area contributed by atoms with Crippen LogP contribution in [0.4, 0.5) is 0 Å². The van der Waals surface area contributed by atoms with E-state index in [0.29, 0.717) is 12.5 Å². The minimum atomic E-state index is -1.18. The van der Waals surface area contributed by atoms with Crippen LogP contribution in [0, 0.1) is 0 Å². The largest absolute Gasteiger partial charge is 0.249 e. The third-order valence-electron chi connectivity index (χ3n) is 4.80. The highest BCUT2D eigenvalue weighted by Gasteiger charge is 2.20. The molecule has 1 N–H and O–H groups in total. The number of hydrogen-bond acceptors (Lipinski definition) is 3. The van der Waals surface area contributed by atoms with Gasteiger partial charge in [0.15, 0.2) is 0 Å². The van der Waals surface area contributed by atoms with Gasteiger partial charge in [-0.2, -0.15) is 0 Å². The lowest BCUT2D eigenvalue weighted by Gasteiger charge is -2.18. The summed E-state index contributed by atoms with van der Waals surface area (Å²) in [6.45, 7) is 8.86. The summed E-state index contributed by atoms with van der Waals surface area (Å²) in [5.74, 6) is 0.620. The van der Waals surface area contributed by atoms with E-state index in [9.17, 15) is 4.21 Å². The van der Waals surface area contributed by atoms with E-state index in [1.54, 1.807) is 11.3 Å². The maximum Gasteiger partial charge on any atom is 0.125 e. The second-order valence-corrected chi connectivity index (χ2v) is 9.07. The van der Waals surface area contributed by atoms with Gasteiger partial charge in [0, 0.05) is 24.2 Å². The van der Waals surface area contributed by atoms with Crippen LogP contribution >= 0.6 is 11.3 Å². The van der Waals surface area contributed by atoms with E-state index in [1.807, 2.05) is 27.0 Å². The molecule has 0 spiro atoms. The van der Waals surface area contributed by atoms with E-state index >= 15 is 0 Å². The molecule has 0 bridgehead atoms. The molecule has 5 heteroatoms. The summed E-state index contributed by atoms with van der Waals surface area (Å²) in [6.07, 6.45) is 10.6. The fourth-order valence-corrected chi connectivity index (χ4v) is 5.77. The van der Waals surface area contributed by atoms with Crippen LogP contribution in [0.15, 0.2) is 29.3 Å². The molecule has 150 valence electrons. The van der Waals surface area contributed by atoms with Crippen molar-refractivity contribution in [3.05, 3.63) is 35.0 Å². The molecule has 3 nitrogen and oxygen atoms in total. The molecule has 1 aliphatic carbocycles. The average molecular weight is 407 g/mol. The molecule has 3 rings (SSSR count). The van der Waals surface area contributed by atoms with Crippen LogP contribution in [0.1, 0.15) is 82.7 Å². The number of aromatic nitrogens is 1. The van der Waals surface area contributed by atoms with Crippen LogP contribution in [0.25, 0.3) is 10.4 Å². The molecule has 0 aliphatic heterocycles. The van der Waals surface area contributed by atoms with Gasteiger partial charge in [-0.15, -0.1) is 11.3 Å². The van der Waals surface area contributed by atoms with Crippen LogP contribution in [0.2, 0.25) is 0 Å². The molecule has 1 fully saturated rings. The molecule has 1 unspecified atom stereocenters. The van der Waals surface area contributed by atoms with Crippen molar-refractivity contribution in [1.29, 1.82) is 0 Å². The van der Waals surface area contributed by atoms with Crippen LogP contribution in [0.3, 0.4) is 0 Å². The summed E-state index contributed by atoms with van der Waals surface area (Å²) in [5, 5.41) is 1.26. The number of nitrogens with one attached hydrogen (secondary N) is 1. The molecule has 1 heterocycles. The zero-order valence-corrected chi connectivity index (χ0v) is 18.8. The summed E-state index contributed by atoms with van der Waals surface area (Å²) in [4.78, 5) is 6.76. The minimum Gasteiger partial charge on any atom is -0.249 e. The topological polar surface area (TPSA) is 42.0 Å². The molecular weight excluding hydrogens is 372 g/mol. The Morgan fingerprint density at radius 1 is 1.19 bits per heavy atom. The number of benzene rings is 1. The van der Waals surface area contributed by atoms with Crippen LogP contribution < -0.4 is 4.72 Å². The molecule has 1 aliphatic rings. The van der Waals surface area contributed by atoms with Crippen molar-refractivity contribution in [3.63, 3.8) is 0 Å². The Labute approximate surface area is 171 Å². The highest BCUT2D eigenvalue weighted by Crippen LogP contribution is 2.39. The zero-order valence-electron chi connectivity index (χ0n) is 17.2. The predicted molar refractivity (Wildman–Crippen MR) is 119 cm³/mol. The van der Waals surface area contributed by atoms with Gasteiger partial charge in [-0.3, -0.25) is 0 Å². The number of hydrogen-bond donors (Lipinski definition) is 1. The van der Waals surface area contributed by atoms with Gasteiger partial charge in [0.25, 0.3) is 0 Å². The SMILES string of the molecule is CC.CCCc1ccc(-c2cnc(C3CCCCC3)s2)c(S(=O)NCC)c1. The van der Waals surface area contributed by atoms with Gasteiger partial charge in [-0.25, -0.2) is 13.9 Å². The molecule has 1 aromatic carbocycles. The smallest absolute Gasteiger partial charge is 0.125 e. The quantitative estimate of drug-likeness (QED) is 0.572. The molecule has 2 aromatic rings. The Morgan fingerprint density at radius 2 is 1.93 bits per heavy atom. The van der Waals surface area contributed by atoms with Crippen molar-refractivity contribution < 1.29 is 4.21 Å². The Morgan fingerprint density at radius 3 is 2.59 bits per heavy atom. The third-order valence-corrected chi connectivity index (χ3v) is 7.28. The molecule has 0 amide bonds. The second kappa shape index (κ2) is 11.7. The first kappa shape index (κ1) is 22.3. The molecular formula is C22H34N2OS2. The van der Waals surface area contributed by atoms with E-state index in [0.717, 1.165) is 28.2 Å². The Hall–Kier alpha value is -1.04. The number of aryl methyl sites for hydroxylation is 1. The lowest BCUT2D eigenvalue weighted by atomic mass is 9.90. The molecule has 1 saturated carbocycles. The molecule has 1 aromatic heterocycles. The Balaban J connectivity index is 0.00000126. The summed E-state index contributed by atoms with van der Waals surface area (Å²) in [7, 11) is -1.18. The van der Waals surface area contributed by atoms with E-state index in [-0.39, 0.29) is 0 Å². The van der Waals surface area contributed by atoms with Crippen molar-refractivity contribution in [2.24, 2.45) is 0 Å². The highest BCUT2D eigenvalue weighted by molar-refractivity contribution is 7.83. The first-order valence-corrected chi connectivity index (χ1v) is 12.4. The lowest BCUT2D eigenvalue weighted by Crippen LogP contribution is -2.17. The standard InChI is InChI=1S/C20H28N2OS2.C2H6/c1-3-8-15-11-12-17(19(13-15)25(23)22-4-2)18-14-21-20(24-18)16-9-6-5-7-10-16;1-2/h11-14,16,22H,3-10H2,1-2H3;1-2H3. The summed E-state index contributed by atoms with van der Waals surface area (Å²) in [6, 6.07) is 6.41. The first-order chi connectivity index (χ1) is 13.2. The van der Waals surface area contributed by atoms with Crippen molar-refractivity contribution in [1.82, 2.24) is 9.71 Å². The minimum absolute atomic E-state index is 0.620. The monoisotopic (exact) mass is 406 g/mol. The van der Waals surface area contributed by atoms with Crippen molar-refractivity contribution in [2.75, 3.05) is 6.54 Å². The van der Waals surface area contributed by atoms with E-state index in [2.05, 4.69) is 29.8 Å². The van der Waals surface area contributed by atoms with Crippen LogP contribution in [0.5, 0.6) is 0 Å². The second-order valence-electron chi connectivity index (χ2n) is 6.74. The Bertz CT molecular complexity index is 721. The van der Waals surface area contributed by atoms with Gasteiger partial charge in [-0.05, 0) is 30.9 Å². The van der Waals surface area contributed by atoms with Gasteiger partial charge in [0.05, 0.1) is 14.8 Å². The van der Waals surface area contributed by atoms with Crippen molar-refractivity contribution in [3.8, 4) is 10.4 Å². The Kier molecular flexibility index (Phi) is 9.66.